The lowest BCUT2D eigenvalue weighted by Crippen LogP contribution is -1.97. The Balaban J connectivity index is 2.75. The highest BCUT2D eigenvalue weighted by Crippen LogP contribution is 2.27. The van der Waals surface area contributed by atoms with Crippen molar-refractivity contribution in [2.45, 2.75) is 19.8 Å². The second-order valence-corrected chi connectivity index (χ2v) is 4.25. The van der Waals surface area contributed by atoms with Crippen molar-refractivity contribution in [1.29, 1.82) is 0 Å². The van der Waals surface area contributed by atoms with E-state index in [4.69, 9.17) is 21.1 Å². The van der Waals surface area contributed by atoms with E-state index in [0.29, 0.717) is 22.0 Å². The molecule has 0 amide bonds. The number of nitrogens with zero attached hydrogens (tertiary/aromatic N) is 1. The summed E-state index contributed by atoms with van der Waals surface area (Å²) in [5.74, 6) is -0.441. The summed E-state index contributed by atoms with van der Waals surface area (Å²) in [4.78, 5) is 15.2. The molecule has 0 bridgehead atoms. The number of hydrogen-bond donors (Lipinski definition) is 1. The number of oxazole rings is 1. The highest BCUT2D eigenvalue weighted by atomic mass is 35.5. The van der Waals surface area contributed by atoms with Gasteiger partial charge in [-0.3, -0.25) is 0 Å². The Hall–Kier alpha value is -1.55. The molecule has 0 unspecified atom stereocenters. The Morgan fingerprint density at radius 3 is 2.75 bits per heavy atom. The van der Waals surface area contributed by atoms with Crippen molar-refractivity contribution in [1.82, 2.24) is 4.98 Å². The first-order valence-corrected chi connectivity index (χ1v) is 5.20. The Bertz CT molecular complexity index is 560. The minimum Gasteiger partial charge on any atom is -0.478 e. The summed E-state index contributed by atoms with van der Waals surface area (Å²) in [7, 11) is 0. The Kier molecular flexibility index (Phi) is 2.59. The van der Waals surface area contributed by atoms with E-state index in [9.17, 15) is 4.79 Å². The van der Waals surface area contributed by atoms with Crippen LogP contribution in [-0.4, -0.2) is 16.1 Å². The van der Waals surface area contributed by atoms with Crippen LogP contribution in [0.1, 0.15) is 36.0 Å². The van der Waals surface area contributed by atoms with Crippen molar-refractivity contribution in [2.24, 2.45) is 0 Å². The number of halogens is 1. The molecule has 0 aliphatic carbocycles. The van der Waals surface area contributed by atoms with E-state index in [1.165, 1.54) is 6.07 Å². The quantitative estimate of drug-likeness (QED) is 0.873. The standard InChI is InChI=1S/C11H10ClNO3/c1-5(2)10-13-9-7(11(14)15)3-6(12)4-8(9)16-10/h3-5H,1-2H3,(H,14,15). The number of carboxylic acids is 1. The number of aromatic carboxylic acids is 1. The van der Waals surface area contributed by atoms with Crippen LogP contribution in [0.2, 0.25) is 5.02 Å². The summed E-state index contributed by atoms with van der Waals surface area (Å²) in [6.07, 6.45) is 0. The monoisotopic (exact) mass is 239 g/mol. The number of carboxylic acid groups (broad SMARTS) is 1. The molecule has 0 aliphatic rings. The smallest absolute Gasteiger partial charge is 0.338 e. The molecular formula is C11H10ClNO3. The van der Waals surface area contributed by atoms with Crippen LogP contribution in [-0.2, 0) is 0 Å². The molecule has 0 atom stereocenters. The molecule has 2 aromatic rings. The number of aromatic nitrogens is 1. The highest BCUT2D eigenvalue weighted by Gasteiger charge is 2.17. The normalized spacial score (nSPS) is 11.2. The molecule has 0 fully saturated rings. The van der Waals surface area contributed by atoms with Crippen molar-refractivity contribution in [3.05, 3.63) is 28.6 Å². The van der Waals surface area contributed by atoms with E-state index in [0.717, 1.165) is 0 Å². The first kappa shape index (κ1) is 11.0. The first-order chi connectivity index (χ1) is 7.49. The number of hydrogen-bond acceptors (Lipinski definition) is 3. The number of rotatable bonds is 2. The van der Waals surface area contributed by atoms with Crippen molar-refractivity contribution in [3.63, 3.8) is 0 Å². The van der Waals surface area contributed by atoms with E-state index < -0.39 is 5.97 Å². The predicted octanol–water partition coefficient (Wildman–Crippen LogP) is 3.30. The Labute approximate surface area is 96.8 Å². The Morgan fingerprint density at radius 1 is 1.50 bits per heavy atom. The largest absolute Gasteiger partial charge is 0.478 e. The Morgan fingerprint density at radius 2 is 2.19 bits per heavy atom. The summed E-state index contributed by atoms with van der Waals surface area (Å²) >= 11 is 5.81. The van der Waals surface area contributed by atoms with Crippen LogP contribution in [0.5, 0.6) is 0 Å². The molecule has 0 saturated carbocycles. The molecule has 0 saturated heterocycles. The highest BCUT2D eigenvalue weighted by molar-refractivity contribution is 6.31. The van der Waals surface area contributed by atoms with Crippen LogP contribution in [0.4, 0.5) is 0 Å². The molecule has 0 radical (unpaired) electrons. The molecular weight excluding hydrogens is 230 g/mol. The first-order valence-electron chi connectivity index (χ1n) is 4.82. The fraction of sp³-hybridized carbons (Fsp3) is 0.273. The van der Waals surface area contributed by atoms with Gasteiger partial charge in [-0.25, -0.2) is 9.78 Å². The fourth-order valence-electron chi connectivity index (χ4n) is 1.42. The number of fused-ring (bicyclic) bond motifs is 1. The van der Waals surface area contributed by atoms with Gasteiger partial charge in [0.2, 0.25) is 0 Å². The van der Waals surface area contributed by atoms with Crippen LogP contribution in [0.3, 0.4) is 0 Å². The lowest BCUT2D eigenvalue weighted by Gasteiger charge is -1.95. The van der Waals surface area contributed by atoms with Crippen molar-refractivity contribution >= 4 is 28.7 Å². The third-order valence-corrected chi connectivity index (χ3v) is 2.42. The lowest BCUT2D eigenvalue weighted by atomic mass is 10.2. The zero-order chi connectivity index (χ0) is 11.9. The van der Waals surface area contributed by atoms with Gasteiger partial charge in [-0.2, -0.15) is 0 Å². The molecule has 1 N–H and O–H groups in total. The van der Waals surface area contributed by atoms with Gasteiger partial charge in [0.1, 0.15) is 5.52 Å². The summed E-state index contributed by atoms with van der Waals surface area (Å²) in [6, 6.07) is 2.95. The zero-order valence-corrected chi connectivity index (χ0v) is 9.58. The minimum atomic E-state index is -1.06. The van der Waals surface area contributed by atoms with E-state index in [1.54, 1.807) is 6.07 Å². The molecule has 0 aliphatic heterocycles. The average Bonchev–Trinajstić information content (AvgIpc) is 2.59. The van der Waals surface area contributed by atoms with Crippen molar-refractivity contribution < 1.29 is 14.3 Å². The molecule has 4 nitrogen and oxygen atoms in total. The van der Waals surface area contributed by atoms with Crippen LogP contribution in [0.15, 0.2) is 16.5 Å². The van der Waals surface area contributed by atoms with Gasteiger partial charge >= 0.3 is 5.97 Å². The second-order valence-electron chi connectivity index (χ2n) is 3.81. The second kappa shape index (κ2) is 3.79. The molecule has 16 heavy (non-hydrogen) atoms. The summed E-state index contributed by atoms with van der Waals surface area (Å²) < 4.78 is 5.44. The zero-order valence-electron chi connectivity index (χ0n) is 8.82. The maximum absolute atomic E-state index is 11.0. The summed E-state index contributed by atoms with van der Waals surface area (Å²) in [5, 5.41) is 9.34. The predicted molar refractivity (Wildman–Crippen MR) is 60.1 cm³/mol. The van der Waals surface area contributed by atoms with Gasteiger partial charge < -0.3 is 9.52 Å². The molecule has 84 valence electrons. The van der Waals surface area contributed by atoms with Crippen molar-refractivity contribution in [2.75, 3.05) is 0 Å². The van der Waals surface area contributed by atoms with Gasteiger partial charge in [-0.15, -0.1) is 0 Å². The number of benzene rings is 1. The van der Waals surface area contributed by atoms with Crippen LogP contribution >= 0.6 is 11.6 Å². The maximum atomic E-state index is 11.0. The van der Waals surface area contributed by atoms with Crippen LogP contribution < -0.4 is 0 Å². The van der Waals surface area contributed by atoms with E-state index in [2.05, 4.69) is 4.98 Å². The van der Waals surface area contributed by atoms with Gasteiger partial charge in [-0.05, 0) is 6.07 Å². The van der Waals surface area contributed by atoms with Gasteiger partial charge in [-0.1, -0.05) is 25.4 Å². The maximum Gasteiger partial charge on any atom is 0.338 e. The van der Waals surface area contributed by atoms with Crippen LogP contribution in [0.25, 0.3) is 11.1 Å². The molecule has 5 heteroatoms. The average molecular weight is 240 g/mol. The van der Waals surface area contributed by atoms with E-state index in [1.807, 2.05) is 13.8 Å². The third-order valence-electron chi connectivity index (χ3n) is 2.20. The van der Waals surface area contributed by atoms with Gasteiger partial charge in [0.15, 0.2) is 11.5 Å². The van der Waals surface area contributed by atoms with Gasteiger partial charge in [0, 0.05) is 17.0 Å². The molecule has 1 heterocycles. The van der Waals surface area contributed by atoms with Gasteiger partial charge in [0.25, 0.3) is 0 Å². The van der Waals surface area contributed by atoms with Gasteiger partial charge in [0.05, 0.1) is 5.56 Å². The summed E-state index contributed by atoms with van der Waals surface area (Å²) in [5.41, 5.74) is 0.826. The molecule has 1 aromatic heterocycles. The van der Waals surface area contributed by atoms with Crippen molar-refractivity contribution in [3.8, 4) is 0 Å². The topological polar surface area (TPSA) is 63.3 Å². The molecule has 1 aromatic carbocycles. The van der Waals surface area contributed by atoms with E-state index in [-0.39, 0.29) is 11.5 Å². The van der Waals surface area contributed by atoms with Crippen LogP contribution in [0, 0.1) is 0 Å². The van der Waals surface area contributed by atoms with E-state index >= 15 is 0 Å². The SMILES string of the molecule is CC(C)c1nc2c(C(=O)O)cc(Cl)cc2o1. The lowest BCUT2D eigenvalue weighted by molar-refractivity contribution is 0.0699. The fourth-order valence-corrected chi connectivity index (χ4v) is 1.63. The minimum absolute atomic E-state index is 0.0677. The third kappa shape index (κ3) is 1.76. The molecule has 0 spiro atoms. The summed E-state index contributed by atoms with van der Waals surface area (Å²) in [6.45, 7) is 3.85. The molecule has 2 rings (SSSR count). The number of carbonyl (C=O) groups is 1.